The number of carbonyl (C=O) groups excluding carboxylic acids is 1. The van der Waals surface area contributed by atoms with Gasteiger partial charge >= 0.3 is 5.97 Å². The molecule has 0 amide bonds. The number of hydrogen-bond acceptors (Lipinski definition) is 5. The molecule has 1 unspecified atom stereocenters. The zero-order chi connectivity index (χ0) is 15.6. The van der Waals surface area contributed by atoms with Crippen molar-refractivity contribution in [2.24, 2.45) is 5.92 Å². The maximum Gasteiger partial charge on any atom is 0.308 e. The highest BCUT2D eigenvalue weighted by molar-refractivity contribution is 5.97. The predicted molar refractivity (Wildman–Crippen MR) is 75.7 cm³/mol. The lowest BCUT2D eigenvalue weighted by Crippen LogP contribution is -2.23. The second kappa shape index (κ2) is 5.90. The number of benzene rings is 1. The van der Waals surface area contributed by atoms with Gasteiger partial charge in [0, 0.05) is 31.1 Å². The van der Waals surface area contributed by atoms with E-state index in [1.54, 1.807) is 17.9 Å². The Balaban J connectivity index is 2.34. The van der Waals surface area contributed by atoms with Gasteiger partial charge in [-0.25, -0.2) is 0 Å². The van der Waals surface area contributed by atoms with Gasteiger partial charge in [-0.15, -0.1) is 0 Å². The molecule has 0 radical (unpaired) electrons. The number of anilines is 1. The van der Waals surface area contributed by atoms with Crippen LogP contribution in [0.2, 0.25) is 0 Å². The number of rotatable bonds is 5. The summed E-state index contributed by atoms with van der Waals surface area (Å²) in [6.07, 6.45) is 0.740. The average Bonchev–Trinajstić information content (AvgIpc) is 2.95. The molecule has 7 heteroatoms. The molecule has 0 aliphatic carbocycles. The number of nitrogens with zero attached hydrogens (tertiary/aromatic N) is 2. The minimum atomic E-state index is -0.891. The van der Waals surface area contributed by atoms with E-state index >= 15 is 0 Å². The number of carbonyl (C=O) groups is 2. The quantitative estimate of drug-likeness (QED) is 0.506. The van der Waals surface area contributed by atoms with Crippen molar-refractivity contribution in [1.29, 1.82) is 0 Å². The van der Waals surface area contributed by atoms with Crippen LogP contribution in [0.1, 0.15) is 30.1 Å². The summed E-state index contributed by atoms with van der Waals surface area (Å²) < 4.78 is 0. The van der Waals surface area contributed by atoms with E-state index in [1.165, 1.54) is 12.1 Å². The molecule has 0 aromatic heterocycles. The van der Waals surface area contributed by atoms with Crippen LogP contribution in [0, 0.1) is 16.0 Å². The zero-order valence-electron chi connectivity index (χ0n) is 11.6. The van der Waals surface area contributed by atoms with Crippen LogP contribution in [0.4, 0.5) is 11.4 Å². The van der Waals surface area contributed by atoms with Gasteiger partial charge in [-0.1, -0.05) is 6.92 Å². The fraction of sp³-hybridized carbons (Fsp3) is 0.429. The molecule has 1 saturated heterocycles. The van der Waals surface area contributed by atoms with Gasteiger partial charge in [0.05, 0.1) is 10.8 Å². The molecule has 1 fully saturated rings. The van der Waals surface area contributed by atoms with Crippen molar-refractivity contribution in [2.45, 2.75) is 19.8 Å². The molecule has 1 aliphatic heterocycles. The Hall–Kier alpha value is -2.44. The molecule has 0 saturated carbocycles. The third-order valence-corrected chi connectivity index (χ3v) is 3.69. The topological polar surface area (TPSA) is 101 Å². The largest absolute Gasteiger partial charge is 0.481 e. The first-order chi connectivity index (χ1) is 9.93. The van der Waals surface area contributed by atoms with Gasteiger partial charge in [0.2, 0.25) is 0 Å². The third-order valence-electron chi connectivity index (χ3n) is 3.69. The summed E-state index contributed by atoms with van der Waals surface area (Å²) in [4.78, 5) is 35.0. The monoisotopic (exact) mass is 292 g/mol. The van der Waals surface area contributed by atoms with E-state index < -0.39 is 16.8 Å². The molecule has 21 heavy (non-hydrogen) atoms. The molecular formula is C14H16N2O5. The van der Waals surface area contributed by atoms with E-state index in [4.69, 9.17) is 5.11 Å². The Labute approximate surface area is 121 Å². The van der Waals surface area contributed by atoms with Crippen LogP contribution in [0.5, 0.6) is 0 Å². The lowest BCUT2D eigenvalue weighted by atomic mass is 10.1. The molecule has 1 atom stereocenters. The molecular weight excluding hydrogens is 276 g/mol. The highest BCUT2D eigenvalue weighted by Crippen LogP contribution is 2.33. The van der Waals surface area contributed by atoms with Gasteiger partial charge in [-0.2, -0.15) is 0 Å². The van der Waals surface area contributed by atoms with Crippen LogP contribution < -0.4 is 4.90 Å². The van der Waals surface area contributed by atoms with Gasteiger partial charge in [-0.3, -0.25) is 19.7 Å². The van der Waals surface area contributed by atoms with Crippen LogP contribution >= 0.6 is 0 Å². The first kappa shape index (κ1) is 15.0. The summed E-state index contributed by atoms with van der Waals surface area (Å²) in [6.45, 7) is 2.40. The van der Waals surface area contributed by atoms with Crippen molar-refractivity contribution in [3.63, 3.8) is 0 Å². The van der Waals surface area contributed by atoms with Crippen molar-refractivity contribution < 1.29 is 19.6 Å². The highest BCUT2D eigenvalue weighted by atomic mass is 16.6. The number of carboxylic acid groups (broad SMARTS) is 1. The van der Waals surface area contributed by atoms with Crippen LogP contribution in [-0.2, 0) is 4.79 Å². The molecule has 0 bridgehead atoms. The molecule has 1 N–H and O–H groups in total. The third kappa shape index (κ3) is 3.01. The highest BCUT2D eigenvalue weighted by Gasteiger charge is 2.31. The van der Waals surface area contributed by atoms with Gasteiger partial charge in [-0.05, 0) is 18.6 Å². The van der Waals surface area contributed by atoms with Gasteiger partial charge in [0.15, 0.2) is 5.78 Å². The number of aliphatic carboxylic acids is 1. The van der Waals surface area contributed by atoms with Crippen molar-refractivity contribution in [3.05, 3.63) is 33.9 Å². The van der Waals surface area contributed by atoms with Gasteiger partial charge in [0.25, 0.3) is 5.69 Å². The van der Waals surface area contributed by atoms with Crippen molar-refractivity contribution in [1.82, 2.24) is 0 Å². The molecule has 2 rings (SSSR count). The number of carboxylic acids is 1. The first-order valence-corrected chi connectivity index (χ1v) is 6.73. The van der Waals surface area contributed by atoms with Crippen molar-refractivity contribution >= 4 is 23.1 Å². The summed E-state index contributed by atoms with van der Waals surface area (Å²) in [5.74, 6) is -1.56. The van der Waals surface area contributed by atoms with E-state index in [9.17, 15) is 19.7 Å². The van der Waals surface area contributed by atoms with E-state index in [0.717, 1.165) is 0 Å². The smallest absolute Gasteiger partial charge is 0.308 e. The standard InChI is InChI=1S/C14H16N2O5/c1-2-13(17)9-3-4-11(12(7-9)16(20)21)15-6-5-10(8-15)14(18)19/h3-4,7,10H,2,5-6,8H2,1H3,(H,18,19). The minimum Gasteiger partial charge on any atom is -0.481 e. The minimum absolute atomic E-state index is 0.152. The molecule has 112 valence electrons. The predicted octanol–water partition coefficient (Wildman–Crippen LogP) is 2.10. The maximum atomic E-state index is 11.6. The second-order valence-electron chi connectivity index (χ2n) is 5.01. The number of nitro groups is 1. The van der Waals surface area contributed by atoms with Gasteiger partial charge < -0.3 is 10.0 Å². The fourth-order valence-electron chi connectivity index (χ4n) is 2.50. The Kier molecular flexibility index (Phi) is 4.21. The van der Waals surface area contributed by atoms with Crippen molar-refractivity contribution in [3.8, 4) is 0 Å². The van der Waals surface area contributed by atoms with Gasteiger partial charge in [0.1, 0.15) is 5.69 Å². The molecule has 7 nitrogen and oxygen atoms in total. The van der Waals surface area contributed by atoms with Crippen molar-refractivity contribution in [2.75, 3.05) is 18.0 Å². The number of Topliss-reactive ketones (excluding diaryl/α,β-unsaturated/α-hetero) is 1. The number of ketones is 1. The number of hydrogen-bond donors (Lipinski definition) is 1. The molecule has 1 aliphatic rings. The molecule has 1 aromatic rings. The van der Waals surface area contributed by atoms with E-state index in [1.807, 2.05) is 0 Å². The Morgan fingerprint density at radius 2 is 2.19 bits per heavy atom. The summed E-state index contributed by atoms with van der Waals surface area (Å²) in [5.41, 5.74) is 0.527. The maximum absolute atomic E-state index is 11.6. The lowest BCUT2D eigenvalue weighted by Gasteiger charge is -2.18. The normalized spacial score (nSPS) is 17.8. The first-order valence-electron chi connectivity index (χ1n) is 6.73. The van der Waals surface area contributed by atoms with E-state index in [-0.39, 0.29) is 24.4 Å². The summed E-state index contributed by atoms with van der Waals surface area (Å²) in [5, 5.41) is 20.2. The zero-order valence-corrected chi connectivity index (χ0v) is 11.6. The SMILES string of the molecule is CCC(=O)c1ccc(N2CCC(C(=O)O)C2)c([N+](=O)[O-])c1. The summed E-state index contributed by atoms with van der Waals surface area (Å²) >= 11 is 0. The molecule has 1 heterocycles. The summed E-state index contributed by atoms with van der Waals surface area (Å²) in [6, 6.07) is 4.36. The van der Waals surface area contributed by atoms with Crippen LogP contribution in [0.25, 0.3) is 0 Å². The molecule has 1 aromatic carbocycles. The fourth-order valence-corrected chi connectivity index (χ4v) is 2.50. The number of nitro benzene ring substituents is 1. The van der Waals surface area contributed by atoms with Crippen LogP contribution in [0.15, 0.2) is 18.2 Å². The average molecular weight is 292 g/mol. The van der Waals surface area contributed by atoms with E-state index in [0.29, 0.717) is 24.2 Å². The Morgan fingerprint density at radius 3 is 2.71 bits per heavy atom. The lowest BCUT2D eigenvalue weighted by molar-refractivity contribution is -0.384. The van der Waals surface area contributed by atoms with E-state index in [2.05, 4.69) is 0 Å². The molecule has 0 spiro atoms. The van der Waals surface area contributed by atoms with Crippen LogP contribution in [0.3, 0.4) is 0 Å². The summed E-state index contributed by atoms with van der Waals surface area (Å²) in [7, 11) is 0. The Morgan fingerprint density at radius 1 is 1.48 bits per heavy atom. The second-order valence-corrected chi connectivity index (χ2v) is 5.01. The van der Waals surface area contributed by atoms with Crippen LogP contribution in [-0.4, -0.2) is 34.9 Å². The Bertz CT molecular complexity index is 599.